The number of thioether (sulfide) groups is 1. The molecule has 0 aromatic rings. The first kappa shape index (κ1) is 24.1. The van der Waals surface area contributed by atoms with Crippen molar-refractivity contribution >= 4 is 30.0 Å². The summed E-state index contributed by atoms with van der Waals surface area (Å²) in [6.07, 6.45) is 1.97. The Morgan fingerprint density at radius 2 is 1.48 bits per heavy atom. The Labute approximate surface area is 142 Å². The molecule has 7 nitrogen and oxygen atoms in total. The lowest BCUT2D eigenvalue weighted by molar-refractivity contribution is -0.168. The highest BCUT2D eigenvalue weighted by atomic mass is 32.2. The third-order valence-electron chi connectivity index (χ3n) is 2.24. The van der Waals surface area contributed by atoms with E-state index in [1.807, 2.05) is 13.8 Å². The second-order valence-electron chi connectivity index (χ2n) is 3.89. The zero-order valence-electron chi connectivity index (χ0n) is 14.5. The van der Waals surface area contributed by atoms with Crippen molar-refractivity contribution in [3.8, 4) is 0 Å². The van der Waals surface area contributed by atoms with Gasteiger partial charge in [0.25, 0.3) is 0 Å². The van der Waals surface area contributed by atoms with Crippen LogP contribution in [0, 0.1) is 0 Å². The summed E-state index contributed by atoms with van der Waals surface area (Å²) >= 11 is 1.18. The highest BCUT2D eigenvalue weighted by Crippen LogP contribution is 2.04. The smallest absolute Gasteiger partial charge is 0.326 e. The lowest BCUT2D eigenvalue weighted by Gasteiger charge is -2.15. The molecule has 1 unspecified atom stereocenters. The highest BCUT2D eigenvalue weighted by molar-refractivity contribution is 8.00. The summed E-state index contributed by atoms with van der Waals surface area (Å²) in [5.41, 5.74) is 0. The fourth-order valence-corrected chi connectivity index (χ4v) is 1.70. The lowest BCUT2D eigenvalue weighted by atomic mass is 10.4. The molecule has 0 aromatic heterocycles. The van der Waals surface area contributed by atoms with Crippen LogP contribution in [0.1, 0.15) is 34.1 Å². The van der Waals surface area contributed by atoms with Crippen molar-refractivity contribution in [2.24, 2.45) is 0 Å². The molecular weight excluding hydrogens is 324 g/mol. The fourth-order valence-electron chi connectivity index (χ4n) is 1.33. The molecule has 0 amide bonds. The van der Waals surface area contributed by atoms with Gasteiger partial charge in [0.15, 0.2) is 11.5 Å². The normalized spacial score (nSPS) is 11.2. The van der Waals surface area contributed by atoms with Crippen LogP contribution >= 0.6 is 11.8 Å². The van der Waals surface area contributed by atoms with Gasteiger partial charge in [-0.15, -0.1) is 11.8 Å². The van der Waals surface area contributed by atoms with Gasteiger partial charge in [0.1, 0.15) is 6.29 Å². The van der Waals surface area contributed by atoms with Gasteiger partial charge in [-0.05, 0) is 34.0 Å². The first-order valence-electron chi connectivity index (χ1n) is 7.53. The standard InChI is InChI=1S/C9H18O4.C6H10O3S/c1-4-11-8(10)7-9(12-5-2)13-6-3;1-3-9-6(8)5(4-7)10-2/h9H,4-7H2,1-3H3;4-5H,3H2,1-2H3. The van der Waals surface area contributed by atoms with Gasteiger partial charge in [-0.3, -0.25) is 9.59 Å². The molecule has 0 aliphatic rings. The summed E-state index contributed by atoms with van der Waals surface area (Å²) in [7, 11) is 0. The average Bonchev–Trinajstić information content (AvgIpc) is 2.50. The molecular formula is C15H28O7S. The van der Waals surface area contributed by atoms with E-state index in [0.29, 0.717) is 32.7 Å². The predicted molar refractivity (Wildman–Crippen MR) is 88.3 cm³/mol. The predicted octanol–water partition coefficient (Wildman–Crippen LogP) is 1.82. The van der Waals surface area contributed by atoms with Crippen molar-refractivity contribution in [1.29, 1.82) is 0 Å². The maximum absolute atomic E-state index is 11.0. The van der Waals surface area contributed by atoms with E-state index in [1.54, 1.807) is 20.1 Å². The molecule has 1 atom stereocenters. The third-order valence-corrected chi connectivity index (χ3v) is 3.05. The van der Waals surface area contributed by atoms with Crippen molar-refractivity contribution in [2.45, 2.75) is 45.7 Å². The Balaban J connectivity index is 0. The lowest BCUT2D eigenvalue weighted by Crippen LogP contribution is -2.22. The molecule has 0 heterocycles. The van der Waals surface area contributed by atoms with Gasteiger partial charge in [0.2, 0.25) is 0 Å². The SMILES string of the molecule is CCOC(=O)C(C=O)SC.CCOC(=O)CC(OCC)OCC. The summed E-state index contributed by atoms with van der Waals surface area (Å²) < 4.78 is 19.7. The van der Waals surface area contributed by atoms with Gasteiger partial charge < -0.3 is 23.7 Å². The maximum Gasteiger partial charge on any atom is 0.326 e. The van der Waals surface area contributed by atoms with Gasteiger partial charge in [-0.25, -0.2) is 0 Å². The first-order valence-corrected chi connectivity index (χ1v) is 8.82. The molecule has 0 radical (unpaired) electrons. The van der Waals surface area contributed by atoms with E-state index in [4.69, 9.17) is 14.2 Å². The van der Waals surface area contributed by atoms with Crippen LogP contribution < -0.4 is 0 Å². The molecule has 0 saturated carbocycles. The molecule has 0 spiro atoms. The van der Waals surface area contributed by atoms with Crippen molar-refractivity contribution in [2.75, 3.05) is 32.7 Å². The second kappa shape index (κ2) is 17.2. The molecule has 0 N–H and O–H groups in total. The summed E-state index contributed by atoms with van der Waals surface area (Å²) in [5.74, 6) is -0.737. The summed E-state index contributed by atoms with van der Waals surface area (Å²) in [5, 5.41) is -0.653. The molecule has 0 aromatic carbocycles. The van der Waals surface area contributed by atoms with E-state index in [9.17, 15) is 14.4 Å². The summed E-state index contributed by atoms with van der Waals surface area (Å²) in [6.45, 7) is 8.98. The van der Waals surface area contributed by atoms with E-state index < -0.39 is 17.5 Å². The quantitative estimate of drug-likeness (QED) is 0.241. The van der Waals surface area contributed by atoms with E-state index >= 15 is 0 Å². The summed E-state index contributed by atoms with van der Waals surface area (Å²) in [6, 6.07) is 0. The molecule has 8 heteroatoms. The van der Waals surface area contributed by atoms with E-state index in [0.717, 1.165) is 0 Å². The zero-order chi connectivity index (χ0) is 18.1. The van der Waals surface area contributed by atoms with Crippen molar-refractivity contribution in [1.82, 2.24) is 0 Å². The van der Waals surface area contributed by atoms with Gasteiger partial charge in [0.05, 0.1) is 19.6 Å². The number of rotatable bonds is 11. The molecule has 0 bridgehead atoms. The first-order chi connectivity index (χ1) is 11.0. The van der Waals surface area contributed by atoms with Gasteiger partial charge in [-0.2, -0.15) is 0 Å². The number of carbonyl (C=O) groups excluding carboxylic acids is 3. The minimum Gasteiger partial charge on any atom is -0.466 e. The van der Waals surface area contributed by atoms with Crippen LogP contribution in [0.15, 0.2) is 0 Å². The Hall–Kier alpha value is -1.12. The molecule has 0 fully saturated rings. The number of carbonyl (C=O) groups is 3. The molecule has 136 valence electrons. The van der Waals surface area contributed by atoms with Crippen molar-refractivity contribution in [3.05, 3.63) is 0 Å². The average molecular weight is 352 g/mol. The van der Waals surface area contributed by atoms with Crippen LogP contribution in [0.4, 0.5) is 0 Å². The Morgan fingerprint density at radius 1 is 0.957 bits per heavy atom. The molecule has 23 heavy (non-hydrogen) atoms. The van der Waals surface area contributed by atoms with Crippen LogP contribution in [-0.4, -0.2) is 62.4 Å². The number of ether oxygens (including phenoxy) is 4. The topological polar surface area (TPSA) is 88.1 Å². The second-order valence-corrected chi connectivity index (χ2v) is 4.87. The number of hydrogen-bond acceptors (Lipinski definition) is 8. The van der Waals surface area contributed by atoms with Crippen LogP contribution in [0.2, 0.25) is 0 Å². The third kappa shape index (κ3) is 14.2. The van der Waals surface area contributed by atoms with E-state index in [2.05, 4.69) is 4.74 Å². The van der Waals surface area contributed by atoms with Crippen LogP contribution in [-0.2, 0) is 33.3 Å². The molecule has 0 aliphatic carbocycles. The minimum atomic E-state index is -0.653. The summed E-state index contributed by atoms with van der Waals surface area (Å²) in [4.78, 5) is 31.9. The number of aldehydes is 1. The van der Waals surface area contributed by atoms with Crippen LogP contribution in [0.25, 0.3) is 0 Å². The van der Waals surface area contributed by atoms with Crippen molar-refractivity contribution in [3.63, 3.8) is 0 Å². The van der Waals surface area contributed by atoms with Crippen molar-refractivity contribution < 1.29 is 33.3 Å². The van der Waals surface area contributed by atoms with E-state index in [1.165, 1.54) is 11.8 Å². The largest absolute Gasteiger partial charge is 0.466 e. The molecule has 0 aliphatic heterocycles. The Bertz CT molecular complexity index is 317. The van der Waals surface area contributed by atoms with Crippen LogP contribution in [0.5, 0.6) is 0 Å². The Morgan fingerprint density at radius 3 is 1.83 bits per heavy atom. The highest BCUT2D eigenvalue weighted by Gasteiger charge is 2.16. The van der Waals surface area contributed by atoms with Gasteiger partial charge in [-0.1, -0.05) is 0 Å². The van der Waals surface area contributed by atoms with Gasteiger partial charge in [0, 0.05) is 13.2 Å². The van der Waals surface area contributed by atoms with Crippen LogP contribution in [0.3, 0.4) is 0 Å². The maximum atomic E-state index is 11.0. The van der Waals surface area contributed by atoms with E-state index in [-0.39, 0.29) is 12.4 Å². The zero-order valence-corrected chi connectivity index (χ0v) is 15.4. The number of hydrogen-bond donors (Lipinski definition) is 0. The Kier molecular flexibility index (Phi) is 18.1. The monoisotopic (exact) mass is 352 g/mol. The fraction of sp³-hybridized carbons (Fsp3) is 0.800. The van der Waals surface area contributed by atoms with Gasteiger partial charge >= 0.3 is 11.9 Å². The molecule has 0 rings (SSSR count). The molecule has 0 saturated heterocycles. The number of esters is 2. The minimum absolute atomic E-state index is 0.162.